The number of amides is 2. The number of carbonyl (C=O) groups is 2. The third-order valence-corrected chi connectivity index (χ3v) is 2.90. The van der Waals surface area contributed by atoms with E-state index in [0.29, 0.717) is 19.5 Å². The number of rotatable bonds is 7. The van der Waals surface area contributed by atoms with Crippen LogP contribution in [-0.2, 0) is 11.2 Å². The van der Waals surface area contributed by atoms with Gasteiger partial charge in [0.2, 0.25) is 0 Å². The van der Waals surface area contributed by atoms with E-state index in [1.807, 2.05) is 18.2 Å². The molecule has 0 aliphatic heterocycles. The Bertz CT molecular complexity index is 437. The summed E-state index contributed by atoms with van der Waals surface area (Å²) in [7, 11) is 1.71. The van der Waals surface area contributed by atoms with Crippen molar-refractivity contribution in [1.29, 1.82) is 0 Å². The van der Waals surface area contributed by atoms with Crippen LogP contribution in [0.1, 0.15) is 19.0 Å². The molecule has 1 rings (SSSR count). The second-order valence-electron chi connectivity index (χ2n) is 4.88. The van der Waals surface area contributed by atoms with Crippen molar-refractivity contribution < 1.29 is 14.7 Å². The van der Waals surface area contributed by atoms with Crippen LogP contribution in [0.5, 0.6) is 0 Å². The van der Waals surface area contributed by atoms with Crippen LogP contribution in [0.25, 0.3) is 0 Å². The molecule has 1 atom stereocenters. The highest BCUT2D eigenvalue weighted by Gasteiger charge is 2.12. The van der Waals surface area contributed by atoms with E-state index in [0.717, 1.165) is 5.69 Å². The van der Waals surface area contributed by atoms with Gasteiger partial charge in [0.25, 0.3) is 0 Å². The lowest BCUT2D eigenvalue weighted by Crippen LogP contribution is -2.40. The third kappa shape index (κ3) is 6.17. The Morgan fingerprint density at radius 3 is 2.80 bits per heavy atom. The Labute approximate surface area is 118 Å². The predicted molar refractivity (Wildman–Crippen MR) is 75.4 cm³/mol. The van der Waals surface area contributed by atoms with Gasteiger partial charge in [-0.2, -0.15) is 0 Å². The summed E-state index contributed by atoms with van der Waals surface area (Å²) < 4.78 is 0. The molecule has 0 spiro atoms. The van der Waals surface area contributed by atoms with Crippen molar-refractivity contribution in [1.82, 2.24) is 15.2 Å². The monoisotopic (exact) mass is 279 g/mol. The predicted octanol–water partition coefficient (Wildman–Crippen LogP) is 1.38. The molecule has 0 saturated heterocycles. The molecule has 0 bridgehead atoms. The molecule has 1 heterocycles. The number of hydrogen-bond donors (Lipinski definition) is 2. The van der Waals surface area contributed by atoms with E-state index in [-0.39, 0.29) is 18.4 Å². The maximum Gasteiger partial charge on any atom is 0.317 e. The summed E-state index contributed by atoms with van der Waals surface area (Å²) in [6, 6.07) is 5.48. The zero-order valence-corrected chi connectivity index (χ0v) is 11.9. The van der Waals surface area contributed by atoms with Gasteiger partial charge in [-0.05, 0) is 18.1 Å². The first-order valence-electron chi connectivity index (χ1n) is 6.59. The molecule has 0 fully saturated rings. The van der Waals surface area contributed by atoms with E-state index >= 15 is 0 Å². The highest BCUT2D eigenvalue weighted by atomic mass is 16.4. The molecule has 0 radical (unpaired) electrons. The third-order valence-electron chi connectivity index (χ3n) is 2.90. The maximum atomic E-state index is 11.8. The lowest BCUT2D eigenvalue weighted by Gasteiger charge is -2.19. The van der Waals surface area contributed by atoms with Gasteiger partial charge in [-0.3, -0.25) is 9.78 Å². The minimum absolute atomic E-state index is 0.0535. The second-order valence-corrected chi connectivity index (χ2v) is 4.88. The number of pyridine rings is 1. The molecule has 0 aliphatic carbocycles. The molecule has 0 aliphatic rings. The molecule has 0 aromatic carbocycles. The zero-order valence-electron chi connectivity index (χ0n) is 11.9. The Morgan fingerprint density at radius 1 is 1.45 bits per heavy atom. The van der Waals surface area contributed by atoms with Gasteiger partial charge in [0.15, 0.2) is 0 Å². The summed E-state index contributed by atoms with van der Waals surface area (Å²) in [5.41, 5.74) is 0.936. The zero-order chi connectivity index (χ0) is 15.0. The van der Waals surface area contributed by atoms with Crippen molar-refractivity contribution in [2.75, 3.05) is 20.1 Å². The summed E-state index contributed by atoms with van der Waals surface area (Å²) in [5.74, 6) is -0.934. The topological polar surface area (TPSA) is 82.5 Å². The number of urea groups is 1. The quantitative estimate of drug-likeness (QED) is 0.790. The van der Waals surface area contributed by atoms with Crippen LogP contribution in [0, 0.1) is 5.92 Å². The van der Waals surface area contributed by atoms with E-state index in [1.165, 1.54) is 0 Å². The average Bonchev–Trinajstić information content (AvgIpc) is 2.42. The number of carboxylic acid groups (broad SMARTS) is 1. The smallest absolute Gasteiger partial charge is 0.317 e. The molecular formula is C14H21N3O3. The number of carboxylic acids is 1. The van der Waals surface area contributed by atoms with Gasteiger partial charge >= 0.3 is 12.0 Å². The summed E-state index contributed by atoms with van der Waals surface area (Å²) in [5, 5.41) is 11.4. The number of carbonyl (C=O) groups excluding carboxylic acids is 1. The van der Waals surface area contributed by atoms with Gasteiger partial charge < -0.3 is 15.3 Å². The molecule has 2 amide bonds. The van der Waals surface area contributed by atoms with Crippen molar-refractivity contribution >= 4 is 12.0 Å². The van der Waals surface area contributed by atoms with E-state index in [9.17, 15) is 9.59 Å². The SMILES string of the molecule is CC(CNC(=O)N(C)CCc1ccccn1)CC(=O)O. The Hall–Kier alpha value is -2.11. The number of nitrogens with zero attached hydrogens (tertiary/aromatic N) is 2. The van der Waals surface area contributed by atoms with Gasteiger partial charge in [-0.25, -0.2) is 4.79 Å². The van der Waals surface area contributed by atoms with Crippen LogP contribution >= 0.6 is 0 Å². The van der Waals surface area contributed by atoms with Crippen LogP contribution in [-0.4, -0.2) is 47.1 Å². The van der Waals surface area contributed by atoms with Crippen molar-refractivity contribution in [3.63, 3.8) is 0 Å². The van der Waals surface area contributed by atoms with Crippen molar-refractivity contribution in [3.8, 4) is 0 Å². The summed E-state index contributed by atoms with van der Waals surface area (Å²) in [6.07, 6.45) is 2.47. The van der Waals surface area contributed by atoms with Gasteiger partial charge in [-0.15, -0.1) is 0 Å². The second kappa shape index (κ2) is 8.14. The number of likely N-dealkylation sites (N-methyl/N-ethyl adjacent to an activating group) is 1. The maximum absolute atomic E-state index is 11.8. The molecular weight excluding hydrogens is 258 g/mol. The molecule has 110 valence electrons. The molecule has 1 aromatic heterocycles. The Balaban J connectivity index is 2.27. The fourth-order valence-corrected chi connectivity index (χ4v) is 1.70. The largest absolute Gasteiger partial charge is 0.481 e. The Kier molecular flexibility index (Phi) is 6.49. The Morgan fingerprint density at radius 2 is 2.20 bits per heavy atom. The van der Waals surface area contributed by atoms with Crippen molar-refractivity contribution in [2.45, 2.75) is 19.8 Å². The lowest BCUT2D eigenvalue weighted by molar-refractivity contribution is -0.137. The van der Waals surface area contributed by atoms with Gasteiger partial charge in [0.05, 0.1) is 0 Å². The normalized spacial score (nSPS) is 11.7. The summed E-state index contributed by atoms with van der Waals surface area (Å²) in [6.45, 7) is 2.72. The van der Waals surface area contributed by atoms with E-state index in [4.69, 9.17) is 5.11 Å². The van der Waals surface area contributed by atoms with Crippen molar-refractivity contribution in [3.05, 3.63) is 30.1 Å². The molecule has 20 heavy (non-hydrogen) atoms. The van der Waals surface area contributed by atoms with Crippen LogP contribution in [0.4, 0.5) is 4.79 Å². The number of hydrogen-bond acceptors (Lipinski definition) is 3. The molecule has 1 unspecified atom stereocenters. The first kappa shape index (κ1) is 15.9. The van der Waals surface area contributed by atoms with Gasteiger partial charge in [-0.1, -0.05) is 13.0 Å². The van der Waals surface area contributed by atoms with E-state index in [1.54, 1.807) is 25.1 Å². The average molecular weight is 279 g/mol. The molecule has 0 saturated carbocycles. The summed E-state index contributed by atoms with van der Waals surface area (Å²) in [4.78, 5) is 28.1. The fourth-order valence-electron chi connectivity index (χ4n) is 1.70. The lowest BCUT2D eigenvalue weighted by atomic mass is 10.1. The number of aliphatic carboxylic acids is 1. The highest BCUT2D eigenvalue weighted by molar-refractivity contribution is 5.74. The summed E-state index contributed by atoms with van der Waals surface area (Å²) >= 11 is 0. The molecule has 6 nitrogen and oxygen atoms in total. The molecule has 1 aromatic rings. The van der Waals surface area contributed by atoms with Crippen LogP contribution < -0.4 is 5.32 Å². The van der Waals surface area contributed by atoms with E-state index in [2.05, 4.69) is 10.3 Å². The first-order chi connectivity index (χ1) is 9.49. The van der Waals surface area contributed by atoms with Crippen LogP contribution in [0.15, 0.2) is 24.4 Å². The van der Waals surface area contributed by atoms with Gasteiger partial charge in [0, 0.05) is 44.9 Å². The molecule has 2 N–H and O–H groups in total. The fraction of sp³-hybridized carbons (Fsp3) is 0.500. The first-order valence-corrected chi connectivity index (χ1v) is 6.59. The standard InChI is InChI=1S/C14H21N3O3/c1-11(9-13(18)19)10-16-14(20)17(2)8-6-12-5-3-4-7-15-12/h3-5,7,11H,6,8-10H2,1-2H3,(H,16,20)(H,18,19). The molecule has 6 heteroatoms. The number of nitrogens with one attached hydrogen (secondary N) is 1. The highest BCUT2D eigenvalue weighted by Crippen LogP contribution is 2.00. The number of aromatic nitrogens is 1. The minimum atomic E-state index is -0.852. The van der Waals surface area contributed by atoms with Gasteiger partial charge in [0.1, 0.15) is 0 Å². The van der Waals surface area contributed by atoms with Crippen LogP contribution in [0.2, 0.25) is 0 Å². The van der Waals surface area contributed by atoms with E-state index < -0.39 is 5.97 Å². The minimum Gasteiger partial charge on any atom is -0.481 e. The van der Waals surface area contributed by atoms with Crippen LogP contribution in [0.3, 0.4) is 0 Å². The van der Waals surface area contributed by atoms with Crippen molar-refractivity contribution in [2.24, 2.45) is 5.92 Å².